The number of carbonyl (C=O) groups is 4. The van der Waals surface area contributed by atoms with Gasteiger partial charge in [0.15, 0.2) is 0 Å². The zero-order valence-electron chi connectivity index (χ0n) is 15.3. The van der Waals surface area contributed by atoms with Crippen LogP contribution in [-0.2, 0) is 19.2 Å². The van der Waals surface area contributed by atoms with Crippen molar-refractivity contribution in [2.24, 2.45) is 0 Å². The van der Waals surface area contributed by atoms with Crippen molar-refractivity contribution in [1.29, 1.82) is 0 Å². The fourth-order valence-electron chi connectivity index (χ4n) is 2.03. The molecule has 0 saturated carbocycles. The molecule has 0 aromatic rings. The summed E-state index contributed by atoms with van der Waals surface area (Å²) in [4.78, 5) is 41.6. The number of hydrogen-bond donors (Lipinski definition) is 2. The third-order valence-electron chi connectivity index (χ3n) is 3.26. The van der Waals surface area contributed by atoms with Crippen LogP contribution in [0.4, 0.5) is 0 Å². The molecule has 23 heavy (non-hydrogen) atoms. The average molecular weight is 439 g/mol. The van der Waals surface area contributed by atoms with E-state index in [2.05, 4.69) is 13.8 Å². The summed E-state index contributed by atoms with van der Waals surface area (Å²) in [7, 11) is 0. The molecule has 0 heterocycles. The molecule has 0 fully saturated rings. The second-order valence-electron chi connectivity index (χ2n) is 5.44. The Morgan fingerprint density at radius 2 is 0.913 bits per heavy atom. The van der Waals surface area contributed by atoms with Crippen molar-refractivity contribution in [3.8, 4) is 0 Å². The molecule has 0 aliphatic carbocycles. The monoisotopic (exact) mass is 440 g/mol. The molecular formula is C16H32O6Sn. The van der Waals surface area contributed by atoms with Gasteiger partial charge in [0.1, 0.15) is 0 Å². The Morgan fingerprint density at radius 1 is 0.696 bits per heavy atom. The van der Waals surface area contributed by atoms with Crippen molar-refractivity contribution in [1.82, 2.24) is 0 Å². The van der Waals surface area contributed by atoms with Crippen LogP contribution in [0.3, 0.4) is 0 Å². The molecule has 0 amide bonds. The predicted molar refractivity (Wildman–Crippen MR) is 93.2 cm³/mol. The van der Waals surface area contributed by atoms with E-state index in [1.807, 2.05) is 0 Å². The second-order valence-corrected chi connectivity index (χ2v) is 18.5. The second kappa shape index (κ2) is 16.0. The maximum absolute atomic E-state index is 11.8. The minimum atomic E-state index is -3.09. The summed E-state index contributed by atoms with van der Waals surface area (Å²) < 4.78 is 2.41. The molecule has 6 nitrogen and oxygen atoms in total. The van der Waals surface area contributed by atoms with Crippen LogP contribution in [-0.4, -0.2) is 48.1 Å². The molecule has 0 radical (unpaired) electrons. The number of carboxylic acid groups (broad SMARTS) is 2. The van der Waals surface area contributed by atoms with Crippen molar-refractivity contribution in [3.05, 3.63) is 0 Å². The van der Waals surface area contributed by atoms with E-state index in [-0.39, 0.29) is 7.60 Å². The molecule has 0 atom stereocenters. The molecule has 0 aliphatic heterocycles. The standard InChI is InChI=1S/2C4H9.2C2H4O2.2C2H3O.Sn/c2*1-3-4-2;2*1-2(3)4;2*1-2-3;/h2*1,3-4H2,2H3;2*1H3,(H,3,4);2*1H3;. The quantitative estimate of drug-likeness (QED) is 0.561. The van der Waals surface area contributed by atoms with Crippen LogP contribution in [0.25, 0.3) is 0 Å². The van der Waals surface area contributed by atoms with E-state index in [9.17, 15) is 9.59 Å². The first kappa shape index (κ1) is 27.0. The van der Waals surface area contributed by atoms with Crippen molar-refractivity contribution >= 4 is 37.9 Å². The molecule has 0 aliphatic rings. The zero-order chi connectivity index (χ0) is 19.1. The molecule has 0 bridgehead atoms. The van der Waals surface area contributed by atoms with E-state index >= 15 is 0 Å². The van der Waals surface area contributed by atoms with Gasteiger partial charge >= 0.3 is 97.8 Å². The van der Waals surface area contributed by atoms with Gasteiger partial charge in [-0.1, -0.05) is 0 Å². The summed E-state index contributed by atoms with van der Waals surface area (Å²) in [5.74, 6) is -1.67. The molecule has 0 spiro atoms. The minimum absolute atomic E-state index is 0.263. The van der Waals surface area contributed by atoms with Crippen LogP contribution in [0.15, 0.2) is 0 Å². The first-order chi connectivity index (χ1) is 10.5. The van der Waals surface area contributed by atoms with Crippen molar-refractivity contribution in [3.63, 3.8) is 0 Å². The topological polar surface area (TPSA) is 109 Å². The van der Waals surface area contributed by atoms with E-state index < -0.39 is 30.3 Å². The van der Waals surface area contributed by atoms with Gasteiger partial charge in [-0.2, -0.15) is 0 Å². The van der Waals surface area contributed by atoms with E-state index in [0.717, 1.165) is 48.4 Å². The van der Waals surface area contributed by atoms with Crippen LogP contribution in [0.2, 0.25) is 8.87 Å². The number of rotatable bonds is 8. The van der Waals surface area contributed by atoms with Gasteiger partial charge in [-0.15, -0.1) is 0 Å². The fraction of sp³-hybridized carbons (Fsp3) is 0.750. The van der Waals surface area contributed by atoms with Gasteiger partial charge in [-0.25, -0.2) is 0 Å². The first-order valence-corrected chi connectivity index (χ1v) is 14.8. The molecule has 0 rings (SSSR count). The maximum atomic E-state index is 11.8. The Labute approximate surface area is 143 Å². The number of aliphatic carboxylic acids is 2. The number of unbranched alkanes of at least 4 members (excludes halogenated alkanes) is 2. The van der Waals surface area contributed by atoms with Crippen LogP contribution >= 0.6 is 0 Å². The summed E-state index contributed by atoms with van der Waals surface area (Å²) in [5.41, 5.74) is 0. The van der Waals surface area contributed by atoms with Gasteiger partial charge in [-0.05, 0) is 0 Å². The van der Waals surface area contributed by atoms with Crippen LogP contribution < -0.4 is 0 Å². The number of carbonyl (C=O) groups excluding carboxylic acids is 2. The van der Waals surface area contributed by atoms with Gasteiger partial charge in [0.2, 0.25) is 0 Å². The summed E-state index contributed by atoms with van der Waals surface area (Å²) in [6.45, 7) is 9.72. The summed E-state index contributed by atoms with van der Waals surface area (Å²) in [6.07, 6.45) is 4.29. The van der Waals surface area contributed by atoms with Crippen LogP contribution in [0, 0.1) is 0 Å². The third-order valence-corrected chi connectivity index (χ3v) is 17.8. The predicted octanol–water partition coefficient (Wildman–Crippen LogP) is 3.47. The Kier molecular flexibility index (Phi) is 18.7. The molecule has 0 saturated heterocycles. The van der Waals surface area contributed by atoms with E-state index in [1.165, 1.54) is 0 Å². The SMILES string of the molecule is CC(=O)O.CC(=O)O.CCC[CH2][Sn]([CH2]CCC)([C](C)=O)[C](C)=O. The molecule has 7 heteroatoms. The Balaban J connectivity index is -0.000000413. The van der Waals surface area contributed by atoms with Gasteiger partial charge < -0.3 is 10.2 Å². The molecule has 2 N–H and O–H groups in total. The first-order valence-electron chi connectivity index (χ1n) is 7.89. The molecule has 0 unspecified atom stereocenters. The molecule has 0 aromatic carbocycles. The summed E-state index contributed by atoms with van der Waals surface area (Å²) in [5, 5.41) is 14.8. The molecule has 136 valence electrons. The summed E-state index contributed by atoms with van der Waals surface area (Å²) in [6, 6.07) is 0. The number of carboxylic acids is 2. The Hall–Kier alpha value is -0.921. The molecule has 0 aromatic heterocycles. The van der Waals surface area contributed by atoms with E-state index in [0.29, 0.717) is 0 Å². The van der Waals surface area contributed by atoms with Gasteiger partial charge in [0, 0.05) is 13.8 Å². The van der Waals surface area contributed by atoms with Crippen molar-refractivity contribution in [2.75, 3.05) is 0 Å². The average Bonchev–Trinajstić information content (AvgIpc) is 2.37. The van der Waals surface area contributed by atoms with E-state index in [1.54, 1.807) is 13.8 Å². The van der Waals surface area contributed by atoms with Crippen LogP contribution in [0.1, 0.15) is 67.2 Å². The van der Waals surface area contributed by atoms with E-state index in [4.69, 9.17) is 19.8 Å². The van der Waals surface area contributed by atoms with Gasteiger partial charge in [0.05, 0.1) is 0 Å². The normalized spacial score (nSPS) is 9.65. The zero-order valence-corrected chi connectivity index (χ0v) is 18.1. The van der Waals surface area contributed by atoms with Gasteiger partial charge in [0.25, 0.3) is 11.9 Å². The molecular weight excluding hydrogens is 407 g/mol. The van der Waals surface area contributed by atoms with Gasteiger partial charge in [-0.3, -0.25) is 9.59 Å². The Morgan fingerprint density at radius 3 is 1.04 bits per heavy atom. The summed E-state index contributed by atoms with van der Waals surface area (Å²) >= 11 is -3.09. The third kappa shape index (κ3) is 17.3. The number of hydrogen-bond acceptors (Lipinski definition) is 4. The van der Waals surface area contributed by atoms with Crippen molar-refractivity contribution < 1.29 is 29.4 Å². The Bertz CT molecular complexity index is 335. The van der Waals surface area contributed by atoms with Crippen molar-refractivity contribution in [2.45, 2.75) is 76.1 Å². The fourth-order valence-corrected chi connectivity index (χ4v) is 13.6. The van der Waals surface area contributed by atoms with Crippen LogP contribution in [0.5, 0.6) is 0 Å².